The van der Waals surface area contributed by atoms with Gasteiger partial charge in [-0.2, -0.15) is 13.2 Å². The Bertz CT molecular complexity index is 443. The van der Waals surface area contributed by atoms with Crippen LogP contribution in [-0.4, -0.2) is 34.9 Å². The van der Waals surface area contributed by atoms with Gasteiger partial charge >= 0.3 is 6.18 Å². The Balaban J connectivity index is 2.47. The van der Waals surface area contributed by atoms with Gasteiger partial charge in [0.05, 0.1) is 5.71 Å². The second kappa shape index (κ2) is 7.14. The molecule has 1 aromatic rings. The minimum Gasteiger partial charge on any atom is -0.491 e. The zero-order valence-electron chi connectivity index (χ0n) is 10.9. The monoisotopic (exact) mass is 291 g/mol. The topological polar surface area (TPSA) is 62.0 Å². The lowest BCUT2D eigenvalue weighted by Gasteiger charge is -2.15. The van der Waals surface area contributed by atoms with Crippen molar-refractivity contribution in [2.24, 2.45) is 5.16 Å². The Hall–Kier alpha value is -1.76. The summed E-state index contributed by atoms with van der Waals surface area (Å²) < 4.78 is 41.1. The van der Waals surface area contributed by atoms with Gasteiger partial charge in [0.2, 0.25) is 0 Å². The molecule has 0 saturated heterocycles. The summed E-state index contributed by atoms with van der Waals surface area (Å²) in [4.78, 5) is 0. The van der Waals surface area contributed by atoms with Crippen LogP contribution in [0.15, 0.2) is 29.4 Å². The average Bonchev–Trinajstić information content (AvgIpc) is 2.42. The van der Waals surface area contributed by atoms with E-state index in [1.54, 1.807) is 19.1 Å². The molecule has 0 aromatic heterocycles. The van der Waals surface area contributed by atoms with Crippen molar-refractivity contribution in [3.63, 3.8) is 0 Å². The van der Waals surface area contributed by atoms with Crippen LogP contribution in [0.4, 0.5) is 13.2 Å². The second-order valence-corrected chi connectivity index (χ2v) is 4.35. The molecule has 0 aliphatic carbocycles. The zero-order valence-corrected chi connectivity index (χ0v) is 10.9. The van der Waals surface area contributed by atoms with Gasteiger partial charge in [0.25, 0.3) is 0 Å². The quantitative estimate of drug-likeness (QED) is 0.481. The van der Waals surface area contributed by atoms with Crippen molar-refractivity contribution in [1.82, 2.24) is 0 Å². The van der Waals surface area contributed by atoms with Gasteiger partial charge in [-0.25, -0.2) is 0 Å². The molecule has 1 rings (SSSR count). The highest BCUT2D eigenvalue weighted by atomic mass is 19.4. The number of ether oxygens (including phenoxy) is 1. The first-order valence-electron chi connectivity index (χ1n) is 5.97. The van der Waals surface area contributed by atoms with Crippen molar-refractivity contribution < 1.29 is 28.2 Å². The number of benzene rings is 1. The normalized spacial score (nSPS) is 14.2. The first kappa shape index (κ1) is 16.3. The average molecular weight is 291 g/mol. The fourth-order valence-electron chi connectivity index (χ4n) is 1.40. The van der Waals surface area contributed by atoms with Crippen LogP contribution in [0.2, 0.25) is 0 Å². The second-order valence-electron chi connectivity index (χ2n) is 4.35. The summed E-state index contributed by atoms with van der Waals surface area (Å²) >= 11 is 0. The first-order valence-corrected chi connectivity index (χ1v) is 5.97. The van der Waals surface area contributed by atoms with Gasteiger partial charge in [0.1, 0.15) is 12.4 Å². The van der Waals surface area contributed by atoms with Crippen molar-refractivity contribution in [1.29, 1.82) is 0 Å². The third-order valence-electron chi connectivity index (χ3n) is 2.66. The molecule has 20 heavy (non-hydrogen) atoms. The third kappa shape index (κ3) is 5.48. The number of halogens is 3. The van der Waals surface area contributed by atoms with E-state index in [2.05, 4.69) is 5.16 Å². The predicted octanol–water partition coefficient (Wildman–Crippen LogP) is 2.77. The van der Waals surface area contributed by atoms with E-state index in [4.69, 9.17) is 15.1 Å². The fourth-order valence-corrected chi connectivity index (χ4v) is 1.40. The molecule has 7 heteroatoms. The smallest absolute Gasteiger partial charge is 0.417 e. The molecule has 1 atom stereocenters. The number of hydrogen-bond donors (Lipinski definition) is 2. The maximum atomic E-state index is 12.1. The predicted molar refractivity (Wildman–Crippen MR) is 67.2 cm³/mol. The maximum absolute atomic E-state index is 12.1. The van der Waals surface area contributed by atoms with Crippen LogP contribution in [-0.2, 0) is 6.42 Å². The summed E-state index contributed by atoms with van der Waals surface area (Å²) in [6.07, 6.45) is -5.93. The van der Waals surface area contributed by atoms with Crippen molar-refractivity contribution in [2.75, 3.05) is 6.61 Å². The first-order chi connectivity index (χ1) is 9.32. The number of rotatable bonds is 6. The van der Waals surface area contributed by atoms with Crippen LogP contribution in [0.1, 0.15) is 18.9 Å². The van der Waals surface area contributed by atoms with Gasteiger partial charge in [-0.1, -0.05) is 17.3 Å². The summed E-state index contributed by atoms with van der Waals surface area (Å²) in [5.41, 5.74) is 1.54. The van der Waals surface area contributed by atoms with Gasteiger partial charge in [-0.05, 0) is 37.5 Å². The van der Waals surface area contributed by atoms with Crippen LogP contribution in [0.3, 0.4) is 0 Å². The molecule has 0 radical (unpaired) electrons. The number of aliphatic hydroxyl groups excluding tert-OH is 1. The highest BCUT2D eigenvalue weighted by Gasteiger charge is 2.38. The zero-order chi connectivity index (χ0) is 15.2. The van der Waals surface area contributed by atoms with Crippen LogP contribution in [0.25, 0.3) is 0 Å². The molecule has 0 fully saturated rings. The summed E-state index contributed by atoms with van der Waals surface area (Å²) in [7, 11) is 0. The number of hydrogen-bond acceptors (Lipinski definition) is 4. The molecule has 0 bridgehead atoms. The summed E-state index contributed by atoms with van der Waals surface area (Å²) in [6, 6.07) is 6.48. The summed E-state index contributed by atoms with van der Waals surface area (Å²) in [5, 5.41) is 20.3. The minimum atomic E-state index is -4.68. The van der Waals surface area contributed by atoms with Crippen molar-refractivity contribution >= 4 is 5.71 Å². The Labute approximate surface area is 114 Å². The Morgan fingerprint density at radius 1 is 1.30 bits per heavy atom. The third-order valence-corrected chi connectivity index (χ3v) is 2.66. The molecule has 0 aliphatic rings. The Kier molecular flexibility index (Phi) is 5.82. The molecule has 112 valence electrons. The van der Waals surface area contributed by atoms with E-state index in [0.29, 0.717) is 18.6 Å². The van der Waals surface area contributed by atoms with Gasteiger partial charge in [0, 0.05) is 0 Å². The largest absolute Gasteiger partial charge is 0.491 e. The molecule has 2 N–H and O–H groups in total. The Morgan fingerprint density at radius 2 is 1.90 bits per heavy atom. The molecule has 0 heterocycles. The summed E-state index contributed by atoms with van der Waals surface area (Å²) in [5.74, 6) is 0.254. The van der Waals surface area contributed by atoms with E-state index in [9.17, 15) is 13.2 Å². The maximum Gasteiger partial charge on any atom is 0.417 e. The lowest BCUT2D eigenvalue weighted by Crippen LogP contribution is -2.34. The summed E-state index contributed by atoms with van der Waals surface area (Å²) in [6.45, 7) is 0.856. The van der Waals surface area contributed by atoms with E-state index in [-0.39, 0.29) is 5.75 Å². The van der Waals surface area contributed by atoms with Crippen molar-refractivity contribution in [3.05, 3.63) is 29.8 Å². The van der Waals surface area contributed by atoms with E-state index in [1.165, 1.54) is 12.1 Å². The molecular weight excluding hydrogens is 275 g/mol. The van der Waals surface area contributed by atoms with E-state index < -0.39 is 18.9 Å². The van der Waals surface area contributed by atoms with Gasteiger partial charge in [-0.15, -0.1) is 0 Å². The molecule has 4 nitrogen and oxygen atoms in total. The van der Waals surface area contributed by atoms with E-state index in [0.717, 1.165) is 5.56 Å². The molecule has 0 spiro atoms. The molecule has 0 amide bonds. The van der Waals surface area contributed by atoms with Gasteiger partial charge < -0.3 is 15.1 Å². The molecular formula is C13H16F3NO3. The van der Waals surface area contributed by atoms with Crippen LogP contribution < -0.4 is 4.74 Å². The lowest BCUT2D eigenvalue weighted by atomic mass is 10.1. The molecule has 0 saturated carbocycles. The van der Waals surface area contributed by atoms with E-state index >= 15 is 0 Å². The highest BCUT2D eigenvalue weighted by molar-refractivity contribution is 5.81. The van der Waals surface area contributed by atoms with Crippen LogP contribution >= 0.6 is 0 Å². The number of aryl methyl sites for hydroxylation is 1. The Morgan fingerprint density at radius 3 is 2.40 bits per heavy atom. The van der Waals surface area contributed by atoms with Crippen LogP contribution in [0.5, 0.6) is 5.75 Å². The van der Waals surface area contributed by atoms with Crippen LogP contribution in [0, 0.1) is 0 Å². The number of alkyl halides is 3. The standard InChI is InChI=1S/C13H16F3NO3/c1-9(17-19)2-3-10-4-6-11(7-5-10)20-8-12(18)13(14,15)16/h4-7,12,18-19H,2-3,8H2,1H3. The molecule has 1 aromatic carbocycles. The van der Waals surface area contributed by atoms with Gasteiger partial charge in [-0.3, -0.25) is 0 Å². The lowest BCUT2D eigenvalue weighted by molar-refractivity contribution is -0.210. The van der Waals surface area contributed by atoms with Gasteiger partial charge in [0.15, 0.2) is 6.10 Å². The molecule has 0 aliphatic heterocycles. The SMILES string of the molecule is CC(CCc1ccc(OCC(O)C(F)(F)F)cc1)=NO. The van der Waals surface area contributed by atoms with Crippen molar-refractivity contribution in [2.45, 2.75) is 32.0 Å². The highest BCUT2D eigenvalue weighted by Crippen LogP contribution is 2.21. The number of oxime groups is 1. The molecule has 1 unspecified atom stereocenters. The number of nitrogens with zero attached hydrogens (tertiary/aromatic N) is 1. The van der Waals surface area contributed by atoms with E-state index in [1.807, 2.05) is 0 Å². The number of aliphatic hydroxyl groups is 1. The van der Waals surface area contributed by atoms with Crippen molar-refractivity contribution in [3.8, 4) is 5.75 Å². The minimum absolute atomic E-state index is 0.254. The fraction of sp³-hybridized carbons (Fsp3) is 0.462.